The molecule has 0 aliphatic carbocycles. The molecule has 2 aromatic rings. The zero-order chi connectivity index (χ0) is 14.8. The number of nitrogens with zero attached hydrogens (tertiary/aromatic N) is 2. The summed E-state index contributed by atoms with van der Waals surface area (Å²) in [5.74, 6) is 0.564. The predicted molar refractivity (Wildman–Crippen MR) is 83.6 cm³/mol. The number of hydrogen-bond donors (Lipinski definition) is 1. The molecule has 0 unspecified atom stereocenters. The van der Waals surface area contributed by atoms with Crippen LogP contribution in [0, 0.1) is 22.7 Å². The minimum Gasteiger partial charge on any atom is -0.383 e. The Morgan fingerprint density at radius 2 is 2.00 bits per heavy atom. The maximum absolute atomic E-state index is 9.29. The lowest BCUT2D eigenvalue weighted by Crippen LogP contribution is -2.28. The number of benzene rings is 1. The van der Waals surface area contributed by atoms with Gasteiger partial charge in [-0.3, -0.25) is 4.98 Å². The van der Waals surface area contributed by atoms with Crippen molar-refractivity contribution in [1.29, 1.82) is 5.26 Å². The molecule has 0 fully saturated rings. The average molecular weight is 267 g/mol. The molecule has 20 heavy (non-hydrogen) atoms. The van der Waals surface area contributed by atoms with E-state index in [1.54, 1.807) is 6.20 Å². The van der Waals surface area contributed by atoms with Gasteiger partial charge in [0, 0.05) is 18.1 Å². The van der Waals surface area contributed by atoms with Gasteiger partial charge in [-0.1, -0.05) is 45.9 Å². The zero-order valence-electron chi connectivity index (χ0n) is 12.6. The molecule has 0 aliphatic heterocycles. The van der Waals surface area contributed by atoms with Gasteiger partial charge in [0.25, 0.3) is 0 Å². The Hall–Kier alpha value is -2.08. The largest absolute Gasteiger partial charge is 0.383 e. The summed E-state index contributed by atoms with van der Waals surface area (Å²) in [7, 11) is 0. The van der Waals surface area contributed by atoms with E-state index in [9.17, 15) is 5.26 Å². The molecule has 0 atom stereocenters. The number of anilines is 1. The topological polar surface area (TPSA) is 48.7 Å². The first-order valence-corrected chi connectivity index (χ1v) is 6.97. The van der Waals surface area contributed by atoms with Crippen LogP contribution < -0.4 is 5.32 Å². The number of pyridine rings is 1. The van der Waals surface area contributed by atoms with Crippen molar-refractivity contribution in [2.75, 3.05) is 11.9 Å². The molecule has 1 heterocycles. The normalized spacial score (nSPS) is 11.6. The summed E-state index contributed by atoms with van der Waals surface area (Å²) in [5, 5.41) is 13.8. The van der Waals surface area contributed by atoms with E-state index >= 15 is 0 Å². The van der Waals surface area contributed by atoms with Crippen LogP contribution in [-0.4, -0.2) is 11.5 Å². The molecule has 0 aliphatic rings. The minimum absolute atomic E-state index is 0.164. The lowest BCUT2D eigenvalue weighted by molar-refractivity contribution is 0.270. The molecule has 3 heteroatoms. The van der Waals surface area contributed by atoms with Crippen LogP contribution >= 0.6 is 0 Å². The van der Waals surface area contributed by atoms with Crippen molar-refractivity contribution in [3.8, 4) is 6.07 Å². The van der Waals surface area contributed by atoms with E-state index in [-0.39, 0.29) is 5.41 Å². The Morgan fingerprint density at radius 1 is 1.30 bits per heavy atom. The van der Waals surface area contributed by atoms with E-state index in [1.165, 1.54) is 0 Å². The standard InChI is InChI=1S/C17H21N3/c1-12(2)17(3,4)11-20-16-13(9-18)10-19-15-8-6-5-7-14(15)16/h5-8,10,12H,11H2,1-4H3,(H,19,20). The van der Waals surface area contributed by atoms with Crippen molar-refractivity contribution in [2.45, 2.75) is 27.7 Å². The molecule has 0 radical (unpaired) electrons. The minimum atomic E-state index is 0.164. The van der Waals surface area contributed by atoms with Crippen LogP contribution in [-0.2, 0) is 0 Å². The number of nitriles is 1. The summed E-state index contributed by atoms with van der Waals surface area (Å²) in [4.78, 5) is 4.33. The molecule has 0 bridgehead atoms. The first kappa shape index (κ1) is 14.3. The van der Waals surface area contributed by atoms with E-state index in [0.717, 1.165) is 23.1 Å². The number of aromatic nitrogens is 1. The van der Waals surface area contributed by atoms with Crippen molar-refractivity contribution in [2.24, 2.45) is 11.3 Å². The highest BCUT2D eigenvalue weighted by atomic mass is 14.9. The van der Waals surface area contributed by atoms with Crippen LogP contribution in [0.25, 0.3) is 10.9 Å². The second-order valence-corrected chi connectivity index (χ2v) is 6.17. The van der Waals surface area contributed by atoms with Gasteiger partial charge < -0.3 is 5.32 Å². The van der Waals surface area contributed by atoms with Crippen LogP contribution in [0.1, 0.15) is 33.3 Å². The maximum Gasteiger partial charge on any atom is 0.103 e. The fourth-order valence-electron chi connectivity index (χ4n) is 1.94. The van der Waals surface area contributed by atoms with Gasteiger partial charge in [0.15, 0.2) is 0 Å². The first-order chi connectivity index (χ1) is 9.45. The fraction of sp³-hybridized carbons (Fsp3) is 0.412. The van der Waals surface area contributed by atoms with Crippen molar-refractivity contribution in [3.05, 3.63) is 36.0 Å². The van der Waals surface area contributed by atoms with E-state index in [4.69, 9.17) is 0 Å². The third kappa shape index (κ3) is 2.75. The fourth-order valence-corrected chi connectivity index (χ4v) is 1.94. The highest BCUT2D eigenvalue weighted by Crippen LogP contribution is 2.30. The van der Waals surface area contributed by atoms with Gasteiger partial charge in [-0.25, -0.2) is 0 Å². The van der Waals surface area contributed by atoms with Gasteiger partial charge in [-0.2, -0.15) is 5.26 Å². The highest BCUT2D eigenvalue weighted by molar-refractivity contribution is 5.93. The molecular weight excluding hydrogens is 246 g/mol. The molecule has 1 N–H and O–H groups in total. The van der Waals surface area contributed by atoms with Gasteiger partial charge in [-0.15, -0.1) is 0 Å². The van der Waals surface area contributed by atoms with Gasteiger partial charge in [0.1, 0.15) is 6.07 Å². The van der Waals surface area contributed by atoms with Crippen molar-refractivity contribution in [3.63, 3.8) is 0 Å². The van der Waals surface area contributed by atoms with Crippen LogP contribution in [0.15, 0.2) is 30.5 Å². The number of rotatable bonds is 4. The van der Waals surface area contributed by atoms with E-state index in [2.05, 4.69) is 44.1 Å². The molecule has 1 aromatic carbocycles. The van der Waals surface area contributed by atoms with Gasteiger partial charge >= 0.3 is 0 Å². The van der Waals surface area contributed by atoms with E-state index < -0.39 is 0 Å². The second kappa shape index (κ2) is 5.50. The summed E-state index contributed by atoms with van der Waals surface area (Å²) < 4.78 is 0. The maximum atomic E-state index is 9.29. The van der Waals surface area contributed by atoms with Gasteiger partial charge in [0.05, 0.1) is 16.8 Å². The van der Waals surface area contributed by atoms with Crippen molar-refractivity contribution in [1.82, 2.24) is 4.98 Å². The molecule has 2 rings (SSSR count). The molecule has 0 saturated heterocycles. The average Bonchev–Trinajstić information content (AvgIpc) is 2.44. The third-order valence-corrected chi connectivity index (χ3v) is 4.18. The Labute approximate surface area is 120 Å². The SMILES string of the molecule is CC(C)C(C)(C)CNc1c(C#N)cnc2ccccc12. The van der Waals surface area contributed by atoms with Crippen LogP contribution in [0.5, 0.6) is 0 Å². The molecule has 0 spiro atoms. The Bertz CT molecular complexity index is 651. The van der Waals surface area contributed by atoms with Gasteiger partial charge in [-0.05, 0) is 17.4 Å². The zero-order valence-corrected chi connectivity index (χ0v) is 12.6. The smallest absolute Gasteiger partial charge is 0.103 e. The summed E-state index contributed by atoms with van der Waals surface area (Å²) in [6, 6.07) is 10.1. The Morgan fingerprint density at radius 3 is 2.65 bits per heavy atom. The highest BCUT2D eigenvalue weighted by Gasteiger charge is 2.22. The number of hydrogen-bond acceptors (Lipinski definition) is 3. The monoisotopic (exact) mass is 267 g/mol. The van der Waals surface area contributed by atoms with Crippen LogP contribution in [0.4, 0.5) is 5.69 Å². The summed E-state index contributed by atoms with van der Waals surface area (Å²) >= 11 is 0. The van der Waals surface area contributed by atoms with Crippen LogP contribution in [0.3, 0.4) is 0 Å². The predicted octanol–water partition coefficient (Wildman–Crippen LogP) is 4.20. The molecular formula is C17H21N3. The second-order valence-electron chi connectivity index (χ2n) is 6.17. The summed E-state index contributed by atoms with van der Waals surface area (Å²) in [6.07, 6.45) is 1.65. The quantitative estimate of drug-likeness (QED) is 0.903. The third-order valence-electron chi connectivity index (χ3n) is 4.18. The number of nitrogens with one attached hydrogen (secondary N) is 1. The van der Waals surface area contributed by atoms with E-state index in [0.29, 0.717) is 11.5 Å². The Balaban J connectivity index is 2.40. The lowest BCUT2D eigenvalue weighted by Gasteiger charge is -2.30. The van der Waals surface area contributed by atoms with Crippen LogP contribution in [0.2, 0.25) is 0 Å². The molecule has 3 nitrogen and oxygen atoms in total. The van der Waals surface area contributed by atoms with Gasteiger partial charge in [0.2, 0.25) is 0 Å². The Kier molecular flexibility index (Phi) is 3.94. The molecule has 0 saturated carbocycles. The lowest BCUT2D eigenvalue weighted by atomic mass is 9.81. The summed E-state index contributed by atoms with van der Waals surface area (Å²) in [5.41, 5.74) is 2.57. The molecule has 1 aromatic heterocycles. The van der Waals surface area contributed by atoms with Crippen molar-refractivity contribution < 1.29 is 0 Å². The number of para-hydroxylation sites is 1. The van der Waals surface area contributed by atoms with E-state index in [1.807, 2.05) is 24.3 Å². The molecule has 104 valence electrons. The van der Waals surface area contributed by atoms with Crippen molar-refractivity contribution >= 4 is 16.6 Å². The summed E-state index contributed by atoms with van der Waals surface area (Å²) in [6.45, 7) is 9.74. The number of fused-ring (bicyclic) bond motifs is 1. The molecule has 0 amide bonds. The first-order valence-electron chi connectivity index (χ1n) is 6.97.